The highest BCUT2D eigenvalue weighted by molar-refractivity contribution is 7.90. The van der Waals surface area contributed by atoms with Crippen LogP contribution in [0.2, 0.25) is 0 Å². The topological polar surface area (TPSA) is 80.5 Å². The normalized spacial score (nSPS) is 22.5. The molecule has 0 spiro atoms. The van der Waals surface area contributed by atoms with Crippen molar-refractivity contribution in [2.24, 2.45) is 0 Å². The molecule has 2 aliphatic heterocycles. The van der Waals surface area contributed by atoms with Crippen LogP contribution in [-0.2, 0) is 10.2 Å². The molecule has 3 heterocycles. The lowest BCUT2D eigenvalue weighted by Crippen LogP contribution is -2.41. The lowest BCUT2D eigenvalue weighted by Gasteiger charge is -2.24. The summed E-state index contributed by atoms with van der Waals surface area (Å²) in [7, 11) is -3.58. The zero-order chi connectivity index (χ0) is 18.1. The molecule has 0 aliphatic carbocycles. The summed E-state index contributed by atoms with van der Waals surface area (Å²) in [4.78, 5) is 5.95. The van der Waals surface area contributed by atoms with Crippen LogP contribution in [0, 0.1) is 11.5 Å². The lowest BCUT2D eigenvalue weighted by atomic mass is 10.1. The number of benzene rings is 1. The Balaban J connectivity index is 1.61. The van der Waals surface area contributed by atoms with E-state index in [0.717, 1.165) is 11.3 Å². The predicted molar refractivity (Wildman–Crippen MR) is 98.2 cm³/mol. The summed E-state index contributed by atoms with van der Waals surface area (Å²) >= 11 is 0. The van der Waals surface area contributed by atoms with E-state index in [1.165, 1.54) is 8.61 Å². The SMILES string of the molecule is N#CN1CC[C@H](N2CCN(c3cccc(-c4ccccn4)c3)S2(=O)=O)C1. The van der Waals surface area contributed by atoms with Gasteiger partial charge in [-0.25, -0.2) is 0 Å². The molecule has 2 saturated heterocycles. The van der Waals surface area contributed by atoms with E-state index in [-0.39, 0.29) is 6.04 Å². The van der Waals surface area contributed by atoms with E-state index in [1.54, 1.807) is 11.1 Å². The van der Waals surface area contributed by atoms with E-state index >= 15 is 0 Å². The number of nitriles is 1. The fourth-order valence-electron chi connectivity index (χ4n) is 3.60. The summed E-state index contributed by atoms with van der Waals surface area (Å²) in [6, 6.07) is 13.0. The second kappa shape index (κ2) is 6.59. The van der Waals surface area contributed by atoms with Crippen LogP contribution in [0.3, 0.4) is 0 Å². The maximum absolute atomic E-state index is 13.1. The molecule has 2 aromatic rings. The van der Waals surface area contributed by atoms with Gasteiger partial charge in [-0.3, -0.25) is 9.29 Å². The van der Waals surface area contributed by atoms with Crippen LogP contribution in [0.5, 0.6) is 0 Å². The van der Waals surface area contributed by atoms with E-state index in [1.807, 2.05) is 42.5 Å². The molecule has 0 saturated carbocycles. The van der Waals surface area contributed by atoms with E-state index in [4.69, 9.17) is 5.26 Å². The number of hydrogen-bond donors (Lipinski definition) is 0. The Morgan fingerprint density at radius 2 is 2.00 bits per heavy atom. The molecule has 0 N–H and O–H groups in total. The number of hydrogen-bond acceptors (Lipinski definition) is 5. The number of anilines is 1. The molecule has 1 aromatic carbocycles. The Hall–Kier alpha value is -2.63. The van der Waals surface area contributed by atoms with Crippen LogP contribution in [0.4, 0.5) is 5.69 Å². The lowest BCUT2D eigenvalue weighted by molar-refractivity contribution is 0.345. The molecule has 1 aromatic heterocycles. The third-order valence-corrected chi connectivity index (χ3v) is 6.93. The molecular formula is C18H19N5O2S. The second-order valence-electron chi connectivity index (χ2n) is 6.44. The van der Waals surface area contributed by atoms with Crippen molar-refractivity contribution in [2.75, 3.05) is 30.5 Å². The van der Waals surface area contributed by atoms with Gasteiger partial charge in [-0.2, -0.15) is 18.0 Å². The summed E-state index contributed by atoms with van der Waals surface area (Å²) in [6.45, 7) is 1.94. The van der Waals surface area contributed by atoms with Crippen molar-refractivity contribution < 1.29 is 8.42 Å². The Morgan fingerprint density at radius 3 is 2.73 bits per heavy atom. The zero-order valence-electron chi connectivity index (χ0n) is 14.2. The number of nitrogens with zero attached hydrogens (tertiary/aromatic N) is 5. The summed E-state index contributed by atoms with van der Waals surface area (Å²) in [5.41, 5.74) is 2.34. The highest BCUT2D eigenvalue weighted by atomic mass is 32.2. The monoisotopic (exact) mass is 369 g/mol. The molecule has 8 heteroatoms. The standard InChI is InChI=1S/C18H19N5O2S/c19-14-21-9-7-17(13-21)23-11-10-22(26(23,24)25)16-5-3-4-15(12-16)18-6-1-2-8-20-18/h1-6,8,12,17H,7,9-11,13H2/t17-/m0/s1. The van der Waals surface area contributed by atoms with Crippen LogP contribution in [-0.4, -0.2) is 54.8 Å². The zero-order valence-corrected chi connectivity index (χ0v) is 15.0. The Morgan fingerprint density at radius 1 is 1.12 bits per heavy atom. The van der Waals surface area contributed by atoms with Gasteiger partial charge < -0.3 is 4.90 Å². The molecule has 2 aliphatic rings. The van der Waals surface area contributed by atoms with Gasteiger partial charge in [0.2, 0.25) is 0 Å². The average molecular weight is 369 g/mol. The van der Waals surface area contributed by atoms with Crippen molar-refractivity contribution in [3.8, 4) is 17.5 Å². The number of pyridine rings is 1. The minimum atomic E-state index is -3.58. The van der Waals surface area contributed by atoms with Crippen molar-refractivity contribution >= 4 is 15.9 Å². The average Bonchev–Trinajstić information content (AvgIpc) is 3.26. The van der Waals surface area contributed by atoms with Gasteiger partial charge >= 0.3 is 10.2 Å². The summed E-state index contributed by atoms with van der Waals surface area (Å²) in [5, 5.41) is 9.02. The highest BCUT2D eigenvalue weighted by Gasteiger charge is 2.43. The van der Waals surface area contributed by atoms with Crippen LogP contribution >= 0.6 is 0 Å². The van der Waals surface area contributed by atoms with Crippen LogP contribution in [0.1, 0.15) is 6.42 Å². The summed E-state index contributed by atoms with van der Waals surface area (Å²) < 4.78 is 29.1. The Kier molecular flexibility index (Phi) is 4.26. The first-order valence-electron chi connectivity index (χ1n) is 8.55. The third-order valence-electron chi connectivity index (χ3n) is 4.91. The van der Waals surface area contributed by atoms with E-state index in [0.29, 0.717) is 38.3 Å². The van der Waals surface area contributed by atoms with Gasteiger partial charge in [-0.1, -0.05) is 18.2 Å². The van der Waals surface area contributed by atoms with Gasteiger partial charge in [-0.15, -0.1) is 0 Å². The second-order valence-corrected chi connectivity index (χ2v) is 8.25. The van der Waals surface area contributed by atoms with E-state index in [2.05, 4.69) is 11.2 Å². The first-order chi connectivity index (χ1) is 12.6. The number of rotatable bonds is 3. The Labute approximate surface area is 153 Å². The predicted octanol–water partition coefficient (Wildman–Crippen LogP) is 1.67. The minimum Gasteiger partial charge on any atom is -0.309 e. The first-order valence-corrected chi connectivity index (χ1v) is 9.95. The van der Waals surface area contributed by atoms with Crippen molar-refractivity contribution in [1.82, 2.24) is 14.2 Å². The van der Waals surface area contributed by atoms with Gasteiger partial charge in [-0.05, 0) is 30.7 Å². The quantitative estimate of drug-likeness (QED) is 0.769. The molecule has 7 nitrogen and oxygen atoms in total. The molecule has 4 rings (SSSR count). The van der Waals surface area contributed by atoms with E-state index < -0.39 is 10.2 Å². The molecule has 134 valence electrons. The molecule has 2 fully saturated rings. The van der Waals surface area contributed by atoms with E-state index in [9.17, 15) is 8.42 Å². The summed E-state index contributed by atoms with van der Waals surface area (Å²) in [5.74, 6) is 0. The van der Waals surface area contributed by atoms with Crippen molar-refractivity contribution in [3.63, 3.8) is 0 Å². The van der Waals surface area contributed by atoms with Crippen LogP contribution in [0.25, 0.3) is 11.3 Å². The maximum atomic E-state index is 13.1. The first kappa shape index (κ1) is 16.8. The molecule has 1 atom stereocenters. The minimum absolute atomic E-state index is 0.136. The Bertz CT molecular complexity index is 942. The van der Waals surface area contributed by atoms with Crippen molar-refractivity contribution in [2.45, 2.75) is 12.5 Å². The fourth-order valence-corrected chi connectivity index (χ4v) is 5.41. The molecule has 0 bridgehead atoms. The smallest absolute Gasteiger partial charge is 0.304 e. The van der Waals surface area contributed by atoms with Gasteiger partial charge in [0.05, 0.1) is 11.4 Å². The fraction of sp³-hybridized carbons (Fsp3) is 0.333. The van der Waals surface area contributed by atoms with Crippen LogP contribution in [0.15, 0.2) is 48.7 Å². The highest BCUT2D eigenvalue weighted by Crippen LogP contribution is 2.31. The van der Waals surface area contributed by atoms with Crippen LogP contribution < -0.4 is 4.31 Å². The molecule has 0 radical (unpaired) electrons. The van der Waals surface area contributed by atoms with Gasteiger partial charge in [0.25, 0.3) is 0 Å². The maximum Gasteiger partial charge on any atom is 0.304 e. The summed E-state index contributed by atoms with van der Waals surface area (Å²) in [6.07, 6.45) is 4.51. The number of aromatic nitrogens is 1. The largest absolute Gasteiger partial charge is 0.309 e. The van der Waals surface area contributed by atoms with Gasteiger partial charge in [0.15, 0.2) is 6.19 Å². The molecule has 0 amide bonds. The van der Waals surface area contributed by atoms with Gasteiger partial charge in [0, 0.05) is 44.0 Å². The molecule has 0 unspecified atom stereocenters. The molecule has 26 heavy (non-hydrogen) atoms. The molecular weight excluding hydrogens is 350 g/mol. The van der Waals surface area contributed by atoms with Gasteiger partial charge in [0.1, 0.15) is 0 Å². The third kappa shape index (κ3) is 2.89. The van der Waals surface area contributed by atoms with Crippen molar-refractivity contribution in [3.05, 3.63) is 48.7 Å². The van der Waals surface area contributed by atoms with Crippen molar-refractivity contribution in [1.29, 1.82) is 5.26 Å². The number of likely N-dealkylation sites (tertiary alicyclic amines) is 1.